The summed E-state index contributed by atoms with van der Waals surface area (Å²) in [6.45, 7) is 5.87. The number of halogens is 2. The van der Waals surface area contributed by atoms with E-state index < -0.39 is 18.4 Å². The fourth-order valence-electron chi connectivity index (χ4n) is 3.30. The molecule has 1 amide bonds. The van der Waals surface area contributed by atoms with Crippen LogP contribution in [0.3, 0.4) is 0 Å². The Hall–Kier alpha value is -1.95. The molecule has 1 aliphatic heterocycles. The van der Waals surface area contributed by atoms with Gasteiger partial charge in [-0.2, -0.15) is 0 Å². The predicted octanol–water partition coefficient (Wildman–Crippen LogP) is 3.59. The van der Waals surface area contributed by atoms with E-state index >= 15 is 0 Å². The molecule has 3 rings (SSSR count). The van der Waals surface area contributed by atoms with E-state index in [2.05, 4.69) is 21.4 Å². The SMILES string of the molecule is CCCc1cc2cn(CC3CNC3)cc2cc1C(=O)NCC(F)(F)CC. The molecule has 1 saturated heterocycles. The fraction of sp³-hybridized carbons (Fsp3) is 0.550. The predicted molar refractivity (Wildman–Crippen MR) is 99.9 cm³/mol. The van der Waals surface area contributed by atoms with Crippen molar-refractivity contribution in [3.05, 3.63) is 35.7 Å². The maximum Gasteiger partial charge on any atom is 0.264 e. The van der Waals surface area contributed by atoms with Crippen LogP contribution in [0.4, 0.5) is 8.78 Å². The minimum atomic E-state index is -2.87. The molecule has 0 unspecified atom stereocenters. The van der Waals surface area contributed by atoms with Crippen LogP contribution in [-0.2, 0) is 13.0 Å². The Morgan fingerprint density at radius 1 is 1.27 bits per heavy atom. The highest BCUT2D eigenvalue weighted by Crippen LogP contribution is 2.24. The lowest BCUT2D eigenvalue weighted by Crippen LogP contribution is -2.43. The van der Waals surface area contributed by atoms with Crippen LogP contribution in [0, 0.1) is 5.92 Å². The van der Waals surface area contributed by atoms with E-state index in [1.165, 1.54) is 6.92 Å². The molecular formula is C20H27F2N3O. The first-order valence-electron chi connectivity index (χ1n) is 9.41. The highest BCUT2D eigenvalue weighted by atomic mass is 19.3. The molecule has 0 radical (unpaired) electrons. The van der Waals surface area contributed by atoms with Gasteiger partial charge in [-0.3, -0.25) is 4.79 Å². The molecule has 1 aromatic carbocycles. The number of nitrogens with zero attached hydrogens (tertiary/aromatic N) is 1. The lowest BCUT2D eigenvalue weighted by Gasteiger charge is -2.27. The normalized spacial score (nSPS) is 15.2. The molecular weight excluding hydrogens is 336 g/mol. The van der Waals surface area contributed by atoms with Gasteiger partial charge in [0.2, 0.25) is 0 Å². The average molecular weight is 363 g/mol. The zero-order valence-electron chi connectivity index (χ0n) is 15.4. The summed E-state index contributed by atoms with van der Waals surface area (Å²) in [4.78, 5) is 12.5. The second-order valence-electron chi connectivity index (χ2n) is 7.26. The summed E-state index contributed by atoms with van der Waals surface area (Å²) in [5.74, 6) is -2.64. The number of hydrogen-bond acceptors (Lipinski definition) is 2. The number of carbonyl (C=O) groups excluding carboxylic acids is 1. The van der Waals surface area contributed by atoms with Crippen molar-refractivity contribution in [2.45, 2.75) is 45.6 Å². The van der Waals surface area contributed by atoms with Crippen LogP contribution >= 0.6 is 0 Å². The van der Waals surface area contributed by atoms with Gasteiger partial charge in [-0.1, -0.05) is 20.3 Å². The van der Waals surface area contributed by atoms with Gasteiger partial charge in [-0.25, -0.2) is 8.78 Å². The molecule has 0 aliphatic carbocycles. The Morgan fingerprint density at radius 2 is 1.96 bits per heavy atom. The van der Waals surface area contributed by atoms with E-state index in [0.717, 1.165) is 48.8 Å². The molecule has 2 N–H and O–H groups in total. The molecule has 26 heavy (non-hydrogen) atoms. The third-order valence-corrected chi connectivity index (χ3v) is 5.04. The molecule has 142 valence electrons. The van der Waals surface area contributed by atoms with Crippen LogP contribution in [-0.4, -0.2) is 36.0 Å². The Kier molecular flexibility index (Phi) is 5.61. The fourth-order valence-corrected chi connectivity index (χ4v) is 3.30. The number of fused-ring (bicyclic) bond motifs is 1. The second-order valence-corrected chi connectivity index (χ2v) is 7.26. The number of carbonyl (C=O) groups is 1. The molecule has 1 fully saturated rings. The number of hydrogen-bond donors (Lipinski definition) is 2. The number of aryl methyl sites for hydroxylation is 1. The number of aromatic nitrogens is 1. The van der Waals surface area contributed by atoms with E-state index in [4.69, 9.17) is 0 Å². The Balaban J connectivity index is 1.84. The van der Waals surface area contributed by atoms with Crippen LogP contribution in [0.5, 0.6) is 0 Å². The first-order valence-corrected chi connectivity index (χ1v) is 9.41. The maximum atomic E-state index is 13.5. The zero-order valence-corrected chi connectivity index (χ0v) is 15.4. The van der Waals surface area contributed by atoms with Crippen LogP contribution < -0.4 is 10.6 Å². The van der Waals surface area contributed by atoms with Gasteiger partial charge in [0.25, 0.3) is 11.8 Å². The summed E-state index contributed by atoms with van der Waals surface area (Å²) in [6.07, 6.45) is 5.51. The Labute approximate surface area is 152 Å². The van der Waals surface area contributed by atoms with Gasteiger partial charge in [0.15, 0.2) is 0 Å². The van der Waals surface area contributed by atoms with Crippen molar-refractivity contribution in [3.63, 3.8) is 0 Å². The van der Waals surface area contributed by atoms with Crippen molar-refractivity contribution >= 4 is 16.7 Å². The van der Waals surface area contributed by atoms with Crippen LogP contribution in [0.15, 0.2) is 24.5 Å². The smallest absolute Gasteiger partial charge is 0.264 e. The van der Waals surface area contributed by atoms with Crippen molar-refractivity contribution in [1.82, 2.24) is 15.2 Å². The highest BCUT2D eigenvalue weighted by Gasteiger charge is 2.27. The van der Waals surface area contributed by atoms with Crippen molar-refractivity contribution in [2.75, 3.05) is 19.6 Å². The summed E-state index contributed by atoms with van der Waals surface area (Å²) in [6, 6.07) is 3.87. The topological polar surface area (TPSA) is 46.1 Å². The Morgan fingerprint density at radius 3 is 2.54 bits per heavy atom. The van der Waals surface area contributed by atoms with Crippen LogP contribution in [0.25, 0.3) is 10.8 Å². The quantitative estimate of drug-likeness (QED) is 0.753. The van der Waals surface area contributed by atoms with Crippen molar-refractivity contribution in [3.8, 4) is 0 Å². The molecule has 0 bridgehead atoms. The molecule has 0 spiro atoms. The molecule has 1 aliphatic rings. The van der Waals surface area contributed by atoms with Gasteiger partial charge in [0.05, 0.1) is 6.54 Å². The standard InChI is InChI=1S/C20H27F2N3O/c1-3-5-15-6-16-11-25(10-14-8-23-9-14)12-17(16)7-18(15)19(26)24-13-20(21,22)4-2/h6-7,11-12,14,23H,3-5,8-10,13H2,1-2H3,(H,24,26). The molecule has 2 heterocycles. The zero-order chi connectivity index (χ0) is 18.7. The third kappa shape index (κ3) is 4.23. The first-order chi connectivity index (χ1) is 12.4. The van der Waals surface area contributed by atoms with E-state index in [-0.39, 0.29) is 6.42 Å². The monoisotopic (exact) mass is 363 g/mol. The number of rotatable bonds is 8. The highest BCUT2D eigenvalue weighted by molar-refractivity contribution is 6.00. The van der Waals surface area contributed by atoms with Crippen molar-refractivity contribution in [2.24, 2.45) is 5.92 Å². The van der Waals surface area contributed by atoms with Gasteiger partial charge < -0.3 is 15.2 Å². The Bertz CT molecular complexity index is 781. The minimum absolute atomic E-state index is 0.285. The number of alkyl halides is 2. The summed E-state index contributed by atoms with van der Waals surface area (Å²) in [5, 5.41) is 7.75. The molecule has 0 atom stereocenters. The average Bonchev–Trinajstić information content (AvgIpc) is 2.97. The van der Waals surface area contributed by atoms with E-state index in [1.807, 2.05) is 25.3 Å². The van der Waals surface area contributed by atoms with Crippen molar-refractivity contribution in [1.29, 1.82) is 0 Å². The summed E-state index contributed by atoms with van der Waals surface area (Å²) < 4.78 is 29.1. The van der Waals surface area contributed by atoms with Crippen molar-refractivity contribution < 1.29 is 13.6 Å². The molecule has 2 aromatic rings. The van der Waals surface area contributed by atoms with E-state index in [9.17, 15) is 13.6 Å². The lowest BCUT2D eigenvalue weighted by molar-refractivity contribution is -0.00102. The third-order valence-electron chi connectivity index (χ3n) is 5.04. The van der Waals surface area contributed by atoms with E-state index in [0.29, 0.717) is 11.5 Å². The number of nitrogens with one attached hydrogen (secondary N) is 2. The summed E-state index contributed by atoms with van der Waals surface area (Å²) >= 11 is 0. The van der Waals surface area contributed by atoms with Crippen LogP contribution in [0.1, 0.15) is 42.6 Å². The molecule has 6 heteroatoms. The van der Waals surface area contributed by atoms with Gasteiger partial charge in [0.1, 0.15) is 0 Å². The minimum Gasteiger partial charge on any atom is -0.353 e. The summed E-state index contributed by atoms with van der Waals surface area (Å²) in [7, 11) is 0. The number of benzene rings is 1. The molecule has 0 saturated carbocycles. The largest absolute Gasteiger partial charge is 0.353 e. The number of amides is 1. The van der Waals surface area contributed by atoms with E-state index in [1.54, 1.807) is 0 Å². The molecule has 4 nitrogen and oxygen atoms in total. The summed E-state index contributed by atoms with van der Waals surface area (Å²) in [5.41, 5.74) is 1.43. The van der Waals surface area contributed by atoms with Gasteiger partial charge in [-0.15, -0.1) is 0 Å². The van der Waals surface area contributed by atoms with Gasteiger partial charge >= 0.3 is 0 Å². The van der Waals surface area contributed by atoms with Gasteiger partial charge in [0, 0.05) is 55.3 Å². The maximum absolute atomic E-state index is 13.5. The lowest BCUT2D eigenvalue weighted by atomic mass is 9.99. The van der Waals surface area contributed by atoms with Gasteiger partial charge in [-0.05, 0) is 29.5 Å². The van der Waals surface area contributed by atoms with Crippen LogP contribution in [0.2, 0.25) is 0 Å². The first kappa shape index (κ1) is 18.8. The molecule has 1 aromatic heterocycles. The second kappa shape index (κ2) is 7.74.